The first-order valence-corrected chi connectivity index (χ1v) is 6.48. The molecular weight excluding hydrogens is 297 g/mol. The number of rotatable bonds is 4. The van der Waals surface area contributed by atoms with Gasteiger partial charge in [-0.05, 0) is 30.7 Å². The van der Waals surface area contributed by atoms with Gasteiger partial charge in [-0.3, -0.25) is 14.9 Å². The van der Waals surface area contributed by atoms with Crippen molar-refractivity contribution in [3.05, 3.63) is 74.0 Å². The van der Waals surface area contributed by atoms with Crippen LogP contribution >= 0.6 is 11.6 Å². The largest absolute Gasteiger partial charge is 0.294 e. The van der Waals surface area contributed by atoms with Crippen LogP contribution < -0.4 is 0 Å². The van der Waals surface area contributed by atoms with Gasteiger partial charge in [-0.15, -0.1) is 0 Å². The number of carbonyl (C=O) groups is 1. The second-order valence-corrected chi connectivity index (χ2v) is 5.02. The Balaban J connectivity index is 2.35. The van der Waals surface area contributed by atoms with Crippen LogP contribution in [0.4, 0.5) is 10.1 Å². The molecule has 0 saturated carbocycles. The van der Waals surface area contributed by atoms with Crippen LogP contribution in [0.3, 0.4) is 0 Å². The van der Waals surface area contributed by atoms with Gasteiger partial charge in [0.15, 0.2) is 5.78 Å². The molecule has 0 aliphatic heterocycles. The van der Waals surface area contributed by atoms with Crippen LogP contribution in [0, 0.1) is 22.9 Å². The summed E-state index contributed by atoms with van der Waals surface area (Å²) in [7, 11) is 0. The Labute approximate surface area is 125 Å². The van der Waals surface area contributed by atoms with Crippen LogP contribution in [-0.4, -0.2) is 10.7 Å². The average molecular weight is 308 g/mol. The Hall–Kier alpha value is -2.27. The molecule has 0 atom stereocenters. The van der Waals surface area contributed by atoms with Crippen LogP contribution in [0.15, 0.2) is 36.4 Å². The topological polar surface area (TPSA) is 60.2 Å². The van der Waals surface area contributed by atoms with E-state index >= 15 is 0 Å². The van der Waals surface area contributed by atoms with Crippen molar-refractivity contribution < 1.29 is 14.1 Å². The Morgan fingerprint density at radius 3 is 2.67 bits per heavy atom. The molecule has 0 aliphatic rings. The molecule has 0 N–H and O–H groups in total. The fourth-order valence-corrected chi connectivity index (χ4v) is 2.22. The van der Waals surface area contributed by atoms with E-state index < -0.39 is 16.5 Å². The molecule has 0 bridgehead atoms. The zero-order valence-electron chi connectivity index (χ0n) is 11.1. The summed E-state index contributed by atoms with van der Waals surface area (Å²) in [6, 6.07) is 8.24. The minimum absolute atomic E-state index is 0.0910. The molecule has 2 rings (SSSR count). The highest BCUT2D eigenvalue weighted by molar-refractivity contribution is 6.31. The number of Topliss-reactive ketones (excluding diaryl/α,β-unsaturated/α-hetero) is 1. The van der Waals surface area contributed by atoms with Crippen molar-refractivity contribution in [1.29, 1.82) is 0 Å². The third-order valence-electron chi connectivity index (χ3n) is 2.99. The Kier molecular flexibility index (Phi) is 4.33. The predicted octanol–water partition coefficient (Wildman–Crippen LogP) is 4.12. The maximum atomic E-state index is 13.7. The molecule has 21 heavy (non-hydrogen) atoms. The molecule has 2 aromatic rings. The molecule has 2 aromatic carbocycles. The van der Waals surface area contributed by atoms with E-state index in [1.165, 1.54) is 36.4 Å². The van der Waals surface area contributed by atoms with Gasteiger partial charge in [-0.2, -0.15) is 0 Å². The van der Waals surface area contributed by atoms with Gasteiger partial charge in [0.1, 0.15) is 5.82 Å². The fourth-order valence-electron chi connectivity index (χ4n) is 1.99. The van der Waals surface area contributed by atoms with Crippen molar-refractivity contribution in [3.63, 3.8) is 0 Å². The van der Waals surface area contributed by atoms with Gasteiger partial charge in [0.25, 0.3) is 5.69 Å². The molecule has 0 spiro atoms. The molecular formula is C15H11ClFNO3. The fraction of sp³-hybridized carbons (Fsp3) is 0.133. The Morgan fingerprint density at radius 2 is 2.05 bits per heavy atom. The molecule has 0 radical (unpaired) electrons. The third kappa shape index (κ3) is 3.44. The van der Waals surface area contributed by atoms with Gasteiger partial charge >= 0.3 is 0 Å². The molecule has 0 aliphatic carbocycles. The van der Waals surface area contributed by atoms with E-state index in [1.807, 2.05) is 0 Å². The summed E-state index contributed by atoms with van der Waals surface area (Å²) in [5.41, 5.74) is 0.680. The number of hydrogen-bond donors (Lipinski definition) is 0. The first-order valence-electron chi connectivity index (χ1n) is 6.10. The highest BCUT2D eigenvalue weighted by Crippen LogP contribution is 2.23. The maximum Gasteiger partial charge on any atom is 0.270 e. The lowest BCUT2D eigenvalue weighted by molar-refractivity contribution is -0.384. The zero-order chi connectivity index (χ0) is 15.6. The van der Waals surface area contributed by atoms with Crippen molar-refractivity contribution >= 4 is 23.1 Å². The average Bonchev–Trinajstić information content (AvgIpc) is 2.42. The second kappa shape index (κ2) is 6.01. The molecule has 4 nitrogen and oxygen atoms in total. The quantitative estimate of drug-likeness (QED) is 0.485. The van der Waals surface area contributed by atoms with E-state index in [2.05, 4.69) is 0 Å². The highest BCUT2D eigenvalue weighted by Gasteiger charge is 2.17. The number of carbonyl (C=O) groups excluding carboxylic acids is 1. The van der Waals surface area contributed by atoms with Gasteiger partial charge in [0.05, 0.1) is 4.92 Å². The lowest BCUT2D eigenvalue weighted by Crippen LogP contribution is -2.07. The summed E-state index contributed by atoms with van der Waals surface area (Å²) in [4.78, 5) is 22.4. The molecule has 0 heterocycles. The number of non-ortho nitro benzene ring substituents is 1. The summed E-state index contributed by atoms with van der Waals surface area (Å²) in [5.74, 6) is -0.994. The second-order valence-electron chi connectivity index (χ2n) is 4.61. The van der Waals surface area contributed by atoms with Crippen LogP contribution in [0.25, 0.3) is 0 Å². The van der Waals surface area contributed by atoms with Crippen molar-refractivity contribution in [2.45, 2.75) is 13.3 Å². The van der Waals surface area contributed by atoms with Crippen LogP contribution in [0.1, 0.15) is 21.5 Å². The van der Waals surface area contributed by atoms with Crippen molar-refractivity contribution in [2.75, 3.05) is 0 Å². The van der Waals surface area contributed by atoms with Crippen molar-refractivity contribution in [2.24, 2.45) is 0 Å². The molecule has 0 amide bonds. The summed E-state index contributed by atoms with van der Waals surface area (Å²) in [6.45, 7) is 1.65. The van der Waals surface area contributed by atoms with Crippen LogP contribution in [-0.2, 0) is 6.42 Å². The molecule has 6 heteroatoms. The van der Waals surface area contributed by atoms with E-state index in [-0.39, 0.29) is 28.3 Å². The number of aryl methyl sites for hydroxylation is 1. The third-order valence-corrected chi connectivity index (χ3v) is 3.35. The first kappa shape index (κ1) is 15.1. The predicted molar refractivity (Wildman–Crippen MR) is 77.3 cm³/mol. The summed E-state index contributed by atoms with van der Waals surface area (Å²) < 4.78 is 13.7. The summed E-state index contributed by atoms with van der Waals surface area (Å²) in [5, 5.41) is 11.0. The smallest absolute Gasteiger partial charge is 0.270 e. The maximum absolute atomic E-state index is 13.7. The number of hydrogen-bond acceptors (Lipinski definition) is 3. The summed E-state index contributed by atoms with van der Waals surface area (Å²) in [6.07, 6.45) is -0.244. The lowest BCUT2D eigenvalue weighted by atomic mass is 10.0. The number of ketones is 1. The Bertz CT molecular complexity index is 711. The number of nitrogens with zero attached hydrogens (tertiary/aromatic N) is 1. The van der Waals surface area contributed by atoms with Gasteiger partial charge in [-0.25, -0.2) is 4.39 Å². The van der Waals surface area contributed by atoms with Crippen LogP contribution in [0.5, 0.6) is 0 Å². The number of nitro benzene ring substituents is 1. The van der Waals surface area contributed by atoms with Gasteiger partial charge in [0.2, 0.25) is 0 Å². The normalized spacial score (nSPS) is 10.4. The Morgan fingerprint density at radius 1 is 1.33 bits per heavy atom. The van der Waals surface area contributed by atoms with Crippen molar-refractivity contribution in [1.82, 2.24) is 0 Å². The van der Waals surface area contributed by atoms with E-state index in [9.17, 15) is 19.3 Å². The van der Waals surface area contributed by atoms with Crippen molar-refractivity contribution in [3.8, 4) is 0 Å². The number of nitro groups is 1. The lowest BCUT2D eigenvalue weighted by Gasteiger charge is -2.06. The molecule has 108 valence electrons. The molecule has 0 saturated heterocycles. The molecule has 0 unspecified atom stereocenters. The minimum atomic E-state index is -0.571. The first-order chi connectivity index (χ1) is 9.88. The zero-order valence-corrected chi connectivity index (χ0v) is 11.9. The summed E-state index contributed by atoms with van der Waals surface area (Å²) >= 11 is 5.87. The van der Waals surface area contributed by atoms with Gasteiger partial charge in [-0.1, -0.05) is 17.7 Å². The monoisotopic (exact) mass is 307 g/mol. The standard InChI is InChI=1S/C15H11ClFNO3/c1-9-5-10(7-11(6-9)18(20)21)15(19)8-12-13(16)3-2-4-14(12)17/h2-7H,8H2,1H3. The molecule has 0 fully saturated rings. The van der Waals surface area contributed by atoms with E-state index in [0.717, 1.165) is 0 Å². The number of benzene rings is 2. The minimum Gasteiger partial charge on any atom is -0.294 e. The van der Waals surface area contributed by atoms with Gasteiger partial charge < -0.3 is 0 Å². The van der Waals surface area contributed by atoms with E-state index in [0.29, 0.717) is 5.56 Å². The van der Waals surface area contributed by atoms with E-state index in [4.69, 9.17) is 11.6 Å². The molecule has 0 aromatic heterocycles. The van der Waals surface area contributed by atoms with Crippen LogP contribution in [0.2, 0.25) is 5.02 Å². The highest BCUT2D eigenvalue weighted by atomic mass is 35.5. The number of halogens is 2. The van der Waals surface area contributed by atoms with Gasteiger partial charge in [0, 0.05) is 34.7 Å². The SMILES string of the molecule is Cc1cc(C(=O)Cc2c(F)cccc2Cl)cc([N+](=O)[O-])c1. The van der Waals surface area contributed by atoms with E-state index in [1.54, 1.807) is 6.92 Å².